The normalized spacial score (nSPS) is 18.2. The number of carbonyl (C=O) groups excluding carboxylic acids is 2. The van der Waals surface area contributed by atoms with Crippen molar-refractivity contribution in [3.8, 4) is 5.75 Å². The average Bonchev–Trinajstić information content (AvgIpc) is 2.68. The molecule has 1 heterocycles. The highest BCUT2D eigenvalue weighted by Gasteiger charge is 2.27. The van der Waals surface area contributed by atoms with Crippen molar-refractivity contribution in [1.29, 1.82) is 0 Å². The molecule has 108 valence electrons. The van der Waals surface area contributed by atoms with Gasteiger partial charge in [-0.15, -0.1) is 0 Å². The Morgan fingerprint density at radius 2 is 2.35 bits per heavy atom. The van der Waals surface area contributed by atoms with Gasteiger partial charge in [0.2, 0.25) is 11.8 Å². The van der Waals surface area contributed by atoms with Gasteiger partial charge >= 0.3 is 0 Å². The number of nitrogens with zero attached hydrogens (tertiary/aromatic N) is 1. The molecule has 0 unspecified atom stereocenters. The van der Waals surface area contributed by atoms with Crippen LogP contribution in [0.5, 0.6) is 5.75 Å². The van der Waals surface area contributed by atoms with Crippen LogP contribution in [0.2, 0.25) is 5.02 Å². The molecule has 1 aliphatic rings. The second kappa shape index (κ2) is 6.61. The Labute approximate surface area is 122 Å². The van der Waals surface area contributed by atoms with Crippen LogP contribution >= 0.6 is 11.6 Å². The van der Waals surface area contributed by atoms with E-state index in [4.69, 9.17) is 16.3 Å². The standard InChI is InChI=1S/C14H17ClN2O3/c1-17-9-11(8-14(17)19)16-13(18)5-6-20-12-4-2-3-10(15)7-12/h2-4,7,11H,5-6,8-9H2,1H3,(H,16,18)/t11-/m1/s1. The van der Waals surface area contributed by atoms with Crippen molar-refractivity contribution in [3.05, 3.63) is 29.3 Å². The third kappa shape index (κ3) is 4.13. The first-order valence-electron chi connectivity index (χ1n) is 6.46. The van der Waals surface area contributed by atoms with Gasteiger partial charge in [-0.1, -0.05) is 17.7 Å². The number of carbonyl (C=O) groups is 2. The van der Waals surface area contributed by atoms with Crippen molar-refractivity contribution in [2.45, 2.75) is 18.9 Å². The largest absolute Gasteiger partial charge is 0.493 e. The molecule has 1 aromatic carbocycles. The number of nitrogens with one attached hydrogen (secondary N) is 1. The fraction of sp³-hybridized carbons (Fsp3) is 0.429. The first-order valence-corrected chi connectivity index (χ1v) is 6.84. The Kier molecular flexibility index (Phi) is 4.84. The summed E-state index contributed by atoms with van der Waals surface area (Å²) in [6.07, 6.45) is 0.623. The molecule has 0 aromatic heterocycles. The van der Waals surface area contributed by atoms with Gasteiger partial charge in [-0.2, -0.15) is 0 Å². The number of benzene rings is 1. The van der Waals surface area contributed by atoms with E-state index >= 15 is 0 Å². The molecular weight excluding hydrogens is 280 g/mol. The lowest BCUT2D eigenvalue weighted by molar-refractivity contribution is -0.126. The summed E-state index contributed by atoms with van der Waals surface area (Å²) in [6.45, 7) is 0.850. The average molecular weight is 297 g/mol. The van der Waals surface area contributed by atoms with Crippen LogP contribution in [0.25, 0.3) is 0 Å². The highest BCUT2D eigenvalue weighted by molar-refractivity contribution is 6.30. The lowest BCUT2D eigenvalue weighted by Gasteiger charge is -2.12. The smallest absolute Gasteiger partial charge is 0.224 e. The molecule has 1 saturated heterocycles. The Balaban J connectivity index is 1.69. The molecule has 0 spiro atoms. The van der Waals surface area contributed by atoms with E-state index in [1.165, 1.54) is 0 Å². The fourth-order valence-electron chi connectivity index (χ4n) is 2.08. The van der Waals surface area contributed by atoms with Gasteiger partial charge in [-0.3, -0.25) is 9.59 Å². The summed E-state index contributed by atoms with van der Waals surface area (Å²) in [7, 11) is 1.73. The van der Waals surface area contributed by atoms with Gasteiger partial charge in [0, 0.05) is 25.0 Å². The molecule has 20 heavy (non-hydrogen) atoms. The first-order chi connectivity index (χ1) is 9.54. The lowest BCUT2D eigenvalue weighted by atomic mass is 10.2. The van der Waals surface area contributed by atoms with E-state index < -0.39 is 0 Å². The van der Waals surface area contributed by atoms with Crippen LogP contribution in [0.1, 0.15) is 12.8 Å². The van der Waals surface area contributed by atoms with Crippen LogP contribution in [0.3, 0.4) is 0 Å². The monoisotopic (exact) mass is 296 g/mol. The van der Waals surface area contributed by atoms with Crippen molar-refractivity contribution in [3.63, 3.8) is 0 Å². The van der Waals surface area contributed by atoms with E-state index in [1.807, 2.05) is 0 Å². The molecule has 2 amide bonds. The predicted molar refractivity (Wildman–Crippen MR) is 75.7 cm³/mol. The first kappa shape index (κ1) is 14.7. The number of halogens is 1. The topological polar surface area (TPSA) is 58.6 Å². The van der Waals surface area contributed by atoms with E-state index in [-0.39, 0.29) is 30.9 Å². The van der Waals surface area contributed by atoms with Crippen LogP contribution in [-0.2, 0) is 9.59 Å². The molecule has 1 atom stereocenters. The van der Waals surface area contributed by atoms with Gasteiger partial charge in [0.1, 0.15) is 5.75 Å². The summed E-state index contributed by atoms with van der Waals surface area (Å²) in [5.41, 5.74) is 0. The number of hydrogen-bond donors (Lipinski definition) is 1. The summed E-state index contributed by atoms with van der Waals surface area (Å²) in [5, 5.41) is 3.43. The third-order valence-electron chi connectivity index (χ3n) is 3.10. The minimum atomic E-state index is -0.111. The summed E-state index contributed by atoms with van der Waals surface area (Å²) in [5.74, 6) is 0.590. The van der Waals surface area contributed by atoms with Crippen molar-refractivity contribution < 1.29 is 14.3 Å². The molecule has 6 heteroatoms. The Hall–Kier alpha value is -1.75. The molecule has 1 fully saturated rings. The summed E-state index contributed by atoms with van der Waals surface area (Å²) < 4.78 is 5.44. The van der Waals surface area contributed by atoms with Crippen LogP contribution in [0.15, 0.2) is 24.3 Å². The molecule has 5 nitrogen and oxygen atoms in total. The molecular formula is C14H17ClN2O3. The molecule has 1 aliphatic heterocycles. The van der Waals surface area contributed by atoms with Crippen LogP contribution in [0.4, 0.5) is 0 Å². The zero-order valence-electron chi connectivity index (χ0n) is 11.3. The Morgan fingerprint density at radius 3 is 3.00 bits per heavy atom. The second-order valence-electron chi connectivity index (χ2n) is 4.80. The number of ether oxygens (including phenoxy) is 1. The van der Waals surface area contributed by atoms with Gasteiger partial charge in [-0.25, -0.2) is 0 Å². The number of amides is 2. The fourth-order valence-corrected chi connectivity index (χ4v) is 2.26. The number of likely N-dealkylation sites (N-methyl/N-ethyl adjacent to an activating group) is 1. The Bertz CT molecular complexity index is 507. The SMILES string of the molecule is CN1C[C@H](NC(=O)CCOc2cccc(Cl)c2)CC1=O. The minimum absolute atomic E-state index is 0.0606. The number of rotatable bonds is 5. The molecule has 0 bridgehead atoms. The third-order valence-corrected chi connectivity index (χ3v) is 3.34. The zero-order chi connectivity index (χ0) is 14.5. The van der Waals surface area contributed by atoms with Crippen molar-refractivity contribution in [2.75, 3.05) is 20.2 Å². The molecule has 0 aliphatic carbocycles. The summed E-state index contributed by atoms with van der Waals surface area (Å²) in [6, 6.07) is 6.94. The molecule has 1 N–H and O–H groups in total. The maximum absolute atomic E-state index is 11.7. The number of likely N-dealkylation sites (tertiary alicyclic amines) is 1. The summed E-state index contributed by atoms with van der Waals surface area (Å²) in [4.78, 5) is 24.7. The highest BCUT2D eigenvalue weighted by atomic mass is 35.5. The zero-order valence-corrected chi connectivity index (χ0v) is 12.0. The molecule has 0 saturated carbocycles. The summed E-state index contributed by atoms with van der Waals surface area (Å²) >= 11 is 5.83. The van der Waals surface area contributed by atoms with Crippen molar-refractivity contribution in [1.82, 2.24) is 10.2 Å². The van der Waals surface area contributed by atoms with Gasteiger partial charge < -0.3 is 15.0 Å². The van der Waals surface area contributed by atoms with Crippen LogP contribution in [0, 0.1) is 0 Å². The maximum atomic E-state index is 11.7. The predicted octanol–water partition coefficient (Wildman–Crippen LogP) is 1.46. The quantitative estimate of drug-likeness (QED) is 0.895. The maximum Gasteiger partial charge on any atom is 0.224 e. The van der Waals surface area contributed by atoms with Gasteiger partial charge in [0.05, 0.1) is 19.1 Å². The lowest BCUT2D eigenvalue weighted by Crippen LogP contribution is -2.37. The second-order valence-corrected chi connectivity index (χ2v) is 5.24. The van der Waals surface area contributed by atoms with E-state index in [1.54, 1.807) is 36.2 Å². The van der Waals surface area contributed by atoms with Crippen LogP contribution < -0.4 is 10.1 Å². The van der Waals surface area contributed by atoms with E-state index in [9.17, 15) is 9.59 Å². The molecule has 0 radical (unpaired) electrons. The van der Waals surface area contributed by atoms with E-state index in [2.05, 4.69) is 5.32 Å². The van der Waals surface area contributed by atoms with E-state index in [0.717, 1.165) is 0 Å². The molecule has 1 aromatic rings. The molecule has 2 rings (SSSR count). The minimum Gasteiger partial charge on any atom is -0.493 e. The Morgan fingerprint density at radius 1 is 1.55 bits per heavy atom. The van der Waals surface area contributed by atoms with Gasteiger partial charge in [0.15, 0.2) is 0 Å². The van der Waals surface area contributed by atoms with Crippen LogP contribution in [-0.4, -0.2) is 43.0 Å². The number of hydrogen-bond acceptors (Lipinski definition) is 3. The highest BCUT2D eigenvalue weighted by Crippen LogP contribution is 2.17. The van der Waals surface area contributed by atoms with Gasteiger partial charge in [0.25, 0.3) is 0 Å². The van der Waals surface area contributed by atoms with Crippen molar-refractivity contribution >= 4 is 23.4 Å². The van der Waals surface area contributed by atoms with Gasteiger partial charge in [-0.05, 0) is 18.2 Å². The van der Waals surface area contributed by atoms with E-state index in [0.29, 0.717) is 23.7 Å². The van der Waals surface area contributed by atoms with Crippen molar-refractivity contribution in [2.24, 2.45) is 0 Å².